The van der Waals surface area contributed by atoms with Gasteiger partial charge >= 0.3 is 0 Å². The largest absolute Gasteiger partial charge is 0.334 e. The molecule has 1 saturated carbocycles. The number of aryl methyl sites for hydroxylation is 1. The van der Waals surface area contributed by atoms with Gasteiger partial charge in [0.15, 0.2) is 0 Å². The number of rotatable bonds is 4. The molecule has 0 spiro atoms. The van der Waals surface area contributed by atoms with Crippen LogP contribution in [0.1, 0.15) is 36.2 Å². The van der Waals surface area contributed by atoms with Gasteiger partial charge in [0.1, 0.15) is 5.69 Å². The lowest BCUT2D eigenvalue weighted by Gasteiger charge is -2.28. The van der Waals surface area contributed by atoms with E-state index < -0.39 is 0 Å². The highest BCUT2D eigenvalue weighted by molar-refractivity contribution is 9.09. The van der Waals surface area contributed by atoms with E-state index in [0.717, 1.165) is 24.7 Å². The van der Waals surface area contributed by atoms with Crippen LogP contribution in [0.25, 0.3) is 0 Å². The topological polar surface area (TPSA) is 38.1 Å². The van der Waals surface area contributed by atoms with Crippen LogP contribution in [-0.2, 0) is 7.05 Å². The fourth-order valence-electron chi connectivity index (χ4n) is 2.47. The van der Waals surface area contributed by atoms with Gasteiger partial charge in [0.25, 0.3) is 5.91 Å². The molecule has 1 aliphatic rings. The van der Waals surface area contributed by atoms with Crippen molar-refractivity contribution in [3.8, 4) is 0 Å². The summed E-state index contributed by atoms with van der Waals surface area (Å²) in [5.41, 5.74) is 0.679. The van der Waals surface area contributed by atoms with Crippen LogP contribution < -0.4 is 0 Å². The maximum atomic E-state index is 12.4. The molecule has 4 nitrogen and oxygen atoms in total. The molecule has 1 fully saturated rings. The van der Waals surface area contributed by atoms with Gasteiger partial charge in [-0.05, 0) is 12.8 Å². The molecule has 0 bridgehead atoms. The Morgan fingerprint density at radius 3 is 2.82 bits per heavy atom. The summed E-state index contributed by atoms with van der Waals surface area (Å²) in [7, 11) is 1.86. The van der Waals surface area contributed by atoms with Crippen LogP contribution in [0.3, 0.4) is 0 Å². The maximum Gasteiger partial charge on any atom is 0.272 e. The average Bonchev–Trinajstić information content (AvgIpc) is 2.95. The second-order valence-electron chi connectivity index (χ2n) is 4.52. The molecular formula is C12H18BrN3O. The molecule has 1 amide bonds. The average molecular weight is 300 g/mol. The number of nitrogens with zero attached hydrogens (tertiary/aromatic N) is 3. The molecule has 1 aromatic rings. The Bertz CT molecular complexity index is 385. The Balaban J connectivity index is 2.15. The maximum absolute atomic E-state index is 12.4. The van der Waals surface area contributed by atoms with E-state index in [2.05, 4.69) is 20.9 Å². The van der Waals surface area contributed by atoms with Gasteiger partial charge in [-0.3, -0.25) is 4.79 Å². The van der Waals surface area contributed by atoms with Gasteiger partial charge in [-0.1, -0.05) is 28.8 Å². The predicted octanol–water partition coefficient (Wildman–Crippen LogP) is 2.20. The van der Waals surface area contributed by atoms with Gasteiger partial charge < -0.3 is 9.47 Å². The molecule has 0 aromatic carbocycles. The lowest BCUT2D eigenvalue weighted by Crippen LogP contribution is -2.40. The second kappa shape index (κ2) is 5.67. The Morgan fingerprint density at radius 1 is 1.59 bits per heavy atom. The van der Waals surface area contributed by atoms with Gasteiger partial charge in [0.2, 0.25) is 0 Å². The van der Waals surface area contributed by atoms with Gasteiger partial charge in [-0.25, -0.2) is 4.98 Å². The summed E-state index contributed by atoms with van der Waals surface area (Å²) in [6, 6.07) is 0.412. The van der Waals surface area contributed by atoms with Crippen LogP contribution in [0, 0.1) is 0 Å². The minimum atomic E-state index is 0.108. The standard InChI is InChI=1S/C12H18BrN3O/c1-15-9-14-8-11(15)12(17)16(7-6-13)10-4-2-3-5-10/h8-10H,2-7H2,1H3. The molecule has 1 aliphatic carbocycles. The van der Waals surface area contributed by atoms with Crippen molar-refractivity contribution in [3.05, 3.63) is 18.2 Å². The minimum Gasteiger partial charge on any atom is -0.334 e. The van der Waals surface area contributed by atoms with Crippen molar-refractivity contribution < 1.29 is 4.79 Å². The first-order valence-electron chi connectivity index (χ1n) is 6.07. The quantitative estimate of drug-likeness (QED) is 0.800. The van der Waals surface area contributed by atoms with E-state index in [4.69, 9.17) is 0 Å². The molecule has 17 heavy (non-hydrogen) atoms. The molecule has 0 atom stereocenters. The number of alkyl halides is 1. The Kier molecular flexibility index (Phi) is 4.20. The molecule has 5 heteroatoms. The van der Waals surface area contributed by atoms with Crippen molar-refractivity contribution >= 4 is 21.8 Å². The molecular weight excluding hydrogens is 282 g/mol. The van der Waals surface area contributed by atoms with Crippen molar-refractivity contribution in [3.63, 3.8) is 0 Å². The molecule has 1 heterocycles. The van der Waals surface area contributed by atoms with Crippen LogP contribution >= 0.6 is 15.9 Å². The first-order valence-corrected chi connectivity index (χ1v) is 7.19. The number of halogens is 1. The fraction of sp³-hybridized carbons (Fsp3) is 0.667. The first-order chi connectivity index (χ1) is 8.24. The van der Waals surface area contributed by atoms with E-state index in [1.54, 1.807) is 17.1 Å². The van der Waals surface area contributed by atoms with E-state index in [0.29, 0.717) is 11.7 Å². The summed E-state index contributed by atoms with van der Waals surface area (Å²) in [6.45, 7) is 0.773. The Morgan fingerprint density at radius 2 is 2.29 bits per heavy atom. The molecule has 2 rings (SSSR count). The number of carbonyl (C=O) groups is 1. The number of carbonyl (C=O) groups excluding carboxylic acids is 1. The highest BCUT2D eigenvalue weighted by Gasteiger charge is 2.28. The molecule has 94 valence electrons. The number of amides is 1. The Hall–Kier alpha value is -0.840. The first kappa shape index (κ1) is 12.6. The number of hydrogen-bond acceptors (Lipinski definition) is 2. The zero-order chi connectivity index (χ0) is 12.3. The third-order valence-electron chi connectivity index (χ3n) is 3.39. The third kappa shape index (κ3) is 2.70. The van der Waals surface area contributed by atoms with Crippen molar-refractivity contribution in [2.24, 2.45) is 7.05 Å². The van der Waals surface area contributed by atoms with Crippen LogP contribution in [-0.4, -0.2) is 38.3 Å². The normalized spacial score (nSPS) is 16.4. The van der Waals surface area contributed by atoms with Gasteiger partial charge in [-0.2, -0.15) is 0 Å². The monoisotopic (exact) mass is 299 g/mol. The minimum absolute atomic E-state index is 0.108. The SMILES string of the molecule is Cn1cncc1C(=O)N(CCBr)C1CCCC1. The van der Waals surface area contributed by atoms with Gasteiger partial charge in [0.05, 0.1) is 12.5 Å². The number of aromatic nitrogens is 2. The van der Waals surface area contributed by atoms with Crippen LogP contribution in [0.2, 0.25) is 0 Å². The van der Waals surface area contributed by atoms with Crippen molar-refractivity contribution in [2.45, 2.75) is 31.7 Å². The molecule has 1 aromatic heterocycles. The fourth-order valence-corrected chi connectivity index (χ4v) is 2.85. The highest BCUT2D eigenvalue weighted by Crippen LogP contribution is 2.24. The summed E-state index contributed by atoms with van der Waals surface area (Å²) in [5, 5.41) is 0.826. The van der Waals surface area contributed by atoms with Crippen molar-refractivity contribution in [2.75, 3.05) is 11.9 Å². The summed E-state index contributed by atoms with van der Waals surface area (Å²) >= 11 is 3.43. The molecule has 0 unspecified atom stereocenters. The van der Waals surface area contributed by atoms with E-state index in [9.17, 15) is 4.79 Å². The third-order valence-corrected chi connectivity index (χ3v) is 3.74. The number of hydrogen-bond donors (Lipinski definition) is 0. The Labute approximate surface area is 110 Å². The molecule has 0 saturated heterocycles. The van der Waals surface area contributed by atoms with Crippen LogP contribution in [0.4, 0.5) is 0 Å². The van der Waals surface area contributed by atoms with Gasteiger partial charge in [0, 0.05) is 25.0 Å². The summed E-state index contributed by atoms with van der Waals surface area (Å²) < 4.78 is 1.79. The zero-order valence-corrected chi connectivity index (χ0v) is 11.7. The summed E-state index contributed by atoms with van der Waals surface area (Å²) in [6.07, 6.45) is 8.07. The van der Waals surface area contributed by atoms with E-state index in [1.165, 1.54) is 12.8 Å². The lowest BCUT2D eigenvalue weighted by atomic mass is 10.2. The zero-order valence-electron chi connectivity index (χ0n) is 10.1. The van der Waals surface area contributed by atoms with Crippen LogP contribution in [0.15, 0.2) is 12.5 Å². The summed E-state index contributed by atoms with van der Waals surface area (Å²) in [4.78, 5) is 18.5. The van der Waals surface area contributed by atoms with Crippen molar-refractivity contribution in [1.29, 1.82) is 0 Å². The molecule has 0 N–H and O–H groups in total. The van der Waals surface area contributed by atoms with E-state index in [1.807, 2.05) is 11.9 Å². The summed E-state index contributed by atoms with van der Waals surface area (Å²) in [5.74, 6) is 0.108. The van der Waals surface area contributed by atoms with Gasteiger partial charge in [-0.15, -0.1) is 0 Å². The molecule has 0 aliphatic heterocycles. The van der Waals surface area contributed by atoms with Crippen LogP contribution in [0.5, 0.6) is 0 Å². The van der Waals surface area contributed by atoms with E-state index >= 15 is 0 Å². The molecule has 0 radical (unpaired) electrons. The van der Waals surface area contributed by atoms with Crippen molar-refractivity contribution in [1.82, 2.24) is 14.5 Å². The number of imidazole rings is 1. The predicted molar refractivity (Wildman–Crippen MR) is 70.3 cm³/mol. The van der Waals surface area contributed by atoms with E-state index in [-0.39, 0.29) is 5.91 Å². The lowest BCUT2D eigenvalue weighted by molar-refractivity contribution is 0.0686. The highest BCUT2D eigenvalue weighted by atomic mass is 79.9. The second-order valence-corrected chi connectivity index (χ2v) is 5.31. The smallest absolute Gasteiger partial charge is 0.272 e.